The van der Waals surface area contributed by atoms with Gasteiger partial charge in [-0.2, -0.15) is 0 Å². The molecule has 2 aromatic rings. The number of thiazole rings is 1. The SMILES string of the molecule is Cc1ncc(CNS(=O)(=O)Cc2cccc(N)c2)s1. The molecule has 0 aliphatic carbocycles. The number of nitrogen functional groups attached to an aromatic ring is 1. The number of aromatic nitrogens is 1. The van der Waals surface area contributed by atoms with E-state index in [2.05, 4.69) is 9.71 Å². The van der Waals surface area contributed by atoms with Gasteiger partial charge in [-0.1, -0.05) is 12.1 Å². The van der Waals surface area contributed by atoms with Crippen molar-refractivity contribution in [3.05, 3.63) is 45.9 Å². The molecule has 0 amide bonds. The van der Waals surface area contributed by atoms with Gasteiger partial charge < -0.3 is 5.73 Å². The minimum atomic E-state index is -3.37. The number of rotatable bonds is 5. The van der Waals surface area contributed by atoms with Gasteiger partial charge in [-0.25, -0.2) is 18.1 Å². The summed E-state index contributed by atoms with van der Waals surface area (Å²) in [6.45, 7) is 2.16. The van der Waals surface area contributed by atoms with E-state index in [4.69, 9.17) is 5.73 Å². The maximum atomic E-state index is 11.9. The highest BCUT2D eigenvalue weighted by molar-refractivity contribution is 7.88. The number of nitrogens with zero attached hydrogens (tertiary/aromatic N) is 1. The van der Waals surface area contributed by atoms with Gasteiger partial charge in [0.15, 0.2) is 0 Å². The van der Waals surface area contributed by atoms with Gasteiger partial charge >= 0.3 is 0 Å². The van der Waals surface area contributed by atoms with Crippen molar-refractivity contribution in [3.63, 3.8) is 0 Å². The van der Waals surface area contributed by atoms with Crippen molar-refractivity contribution in [1.82, 2.24) is 9.71 Å². The quantitative estimate of drug-likeness (QED) is 0.822. The lowest BCUT2D eigenvalue weighted by atomic mass is 10.2. The van der Waals surface area contributed by atoms with Gasteiger partial charge in [-0.05, 0) is 24.6 Å². The van der Waals surface area contributed by atoms with Gasteiger partial charge in [-0.3, -0.25) is 0 Å². The summed E-state index contributed by atoms with van der Waals surface area (Å²) in [6, 6.07) is 6.87. The Morgan fingerprint density at radius 3 is 2.84 bits per heavy atom. The van der Waals surface area contributed by atoms with Crippen molar-refractivity contribution in [2.45, 2.75) is 19.2 Å². The molecule has 0 fully saturated rings. The molecule has 0 saturated heterocycles. The van der Waals surface area contributed by atoms with Crippen molar-refractivity contribution < 1.29 is 8.42 Å². The van der Waals surface area contributed by atoms with Crippen LogP contribution in [0.3, 0.4) is 0 Å². The minimum absolute atomic E-state index is 0.0736. The molecule has 0 aliphatic rings. The van der Waals surface area contributed by atoms with Crippen molar-refractivity contribution in [2.24, 2.45) is 0 Å². The number of nitrogens with two attached hydrogens (primary N) is 1. The first-order valence-electron chi connectivity index (χ1n) is 5.68. The van der Waals surface area contributed by atoms with E-state index in [0.29, 0.717) is 11.3 Å². The lowest BCUT2D eigenvalue weighted by molar-refractivity contribution is 0.581. The van der Waals surface area contributed by atoms with Crippen LogP contribution in [-0.2, 0) is 22.3 Å². The molecule has 7 heteroatoms. The Bertz CT molecular complexity index is 665. The zero-order valence-electron chi connectivity index (χ0n) is 10.5. The smallest absolute Gasteiger partial charge is 0.216 e. The van der Waals surface area contributed by atoms with Crippen LogP contribution in [0.25, 0.3) is 0 Å². The van der Waals surface area contributed by atoms with Gasteiger partial charge in [0.05, 0.1) is 10.8 Å². The maximum absolute atomic E-state index is 11.9. The third kappa shape index (κ3) is 4.30. The monoisotopic (exact) mass is 297 g/mol. The Hall–Kier alpha value is -1.44. The molecule has 2 rings (SSSR count). The number of hydrogen-bond donors (Lipinski definition) is 2. The molecule has 0 atom stereocenters. The van der Waals surface area contributed by atoms with Crippen LogP contribution in [0.4, 0.5) is 5.69 Å². The molecule has 1 heterocycles. The van der Waals surface area contributed by atoms with Crippen LogP contribution < -0.4 is 10.5 Å². The first kappa shape index (κ1) is 14.0. The fourth-order valence-corrected chi connectivity index (χ4v) is 3.54. The number of benzene rings is 1. The number of sulfonamides is 1. The van der Waals surface area contributed by atoms with Crippen molar-refractivity contribution in [2.75, 3.05) is 5.73 Å². The van der Waals surface area contributed by atoms with E-state index in [1.807, 2.05) is 6.92 Å². The highest BCUT2D eigenvalue weighted by Crippen LogP contribution is 2.13. The summed E-state index contributed by atoms with van der Waals surface area (Å²) in [5.74, 6) is -0.0736. The third-order valence-corrected chi connectivity index (χ3v) is 4.65. The van der Waals surface area contributed by atoms with Crippen LogP contribution in [0.5, 0.6) is 0 Å². The highest BCUT2D eigenvalue weighted by atomic mass is 32.2. The lowest BCUT2D eigenvalue weighted by Crippen LogP contribution is -2.24. The number of aryl methyl sites for hydroxylation is 1. The molecule has 1 aromatic carbocycles. The zero-order valence-corrected chi connectivity index (χ0v) is 12.1. The van der Waals surface area contributed by atoms with Crippen molar-refractivity contribution in [3.8, 4) is 0 Å². The summed E-state index contributed by atoms with van der Waals surface area (Å²) in [4.78, 5) is 4.98. The number of anilines is 1. The molecule has 1 aromatic heterocycles. The molecule has 102 valence electrons. The molecular formula is C12H15N3O2S2. The van der Waals surface area contributed by atoms with E-state index in [-0.39, 0.29) is 12.3 Å². The topological polar surface area (TPSA) is 85.1 Å². The minimum Gasteiger partial charge on any atom is -0.399 e. The second-order valence-electron chi connectivity index (χ2n) is 4.17. The van der Waals surface area contributed by atoms with Crippen LogP contribution in [0.2, 0.25) is 0 Å². The Morgan fingerprint density at radius 1 is 1.42 bits per heavy atom. The third-order valence-electron chi connectivity index (χ3n) is 2.44. The van der Waals surface area contributed by atoms with Gasteiger partial charge in [0.25, 0.3) is 0 Å². The van der Waals surface area contributed by atoms with E-state index in [1.165, 1.54) is 11.3 Å². The number of hydrogen-bond acceptors (Lipinski definition) is 5. The Labute approximate surface area is 116 Å². The van der Waals surface area contributed by atoms with Crippen LogP contribution in [-0.4, -0.2) is 13.4 Å². The molecule has 0 bridgehead atoms. The average Bonchev–Trinajstić information content (AvgIpc) is 2.72. The molecule has 0 aliphatic heterocycles. The molecule has 0 unspecified atom stereocenters. The van der Waals surface area contributed by atoms with Gasteiger partial charge in [0, 0.05) is 23.3 Å². The first-order valence-corrected chi connectivity index (χ1v) is 8.14. The molecule has 0 radical (unpaired) electrons. The van der Waals surface area contributed by atoms with Gasteiger partial charge in [-0.15, -0.1) is 11.3 Å². The lowest BCUT2D eigenvalue weighted by Gasteiger charge is -2.06. The summed E-state index contributed by atoms with van der Waals surface area (Å²) in [5.41, 5.74) is 6.86. The molecule has 19 heavy (non-hydrogen) atoms. The summed E-state index contributed by atoms with van der Waals surface area (Å²) in [5, 5.41) is 0.921. The average molecular weight is 297 g/mol. The predicted molar refractivity (Wildman–Crippen MR) is 77.2 cm³/mol. The van der Waals surface area contributed by atoms with Crippen molar-refractivity contribution in [1.29, 1.82) is 0 Å². The normalized spacial score (nSPS) is 11.6. The zero-order chi connectivity index (χ0) is 13.9. The van der Waals surface area contributed by atoms with Crippen LogP contribution in [0, 0.1) is 6.92 Å². The number of nitrogens with one attached hydrogen (secondary N) is 1. The van der Waals surface area contributed by atoms with E-state index < -0.39 is 10.0 Å². The molecule has 5 nitrogen and oxygen atoms in total. The van der Waals surface area contributed by atoms with E-state index in [9.17, 15) is 8.42 Å². The Morgan fingerprint density at radius 2 is 2.21 bits per heavy atom. The second-order valence-corrected chi connectivity index (χ2v) is 7.30. The Balaban J connectivity index is 1.99. The van der Waals surface area contributed by atoms with E-state index in [0.717, 1.165) is 9.88 Å². The Kier molecular flexibility index (Phi) is 4.18. The molecular weight excluding hydrogens is 282 g/mol. The van der Waals surface area contributed by atoms with Gasteiger partial charge in [0.2, 0.25) is 10.0 Å². The summed E-state index contributed by atoms with van der Waals surface area (Å²) < 4.78 is 26.4. The summed E-state index contributed by atoms with van der Waals surface area (Å²) >= 11 is 1.48. The van der Waals surface area contributed by atoms with Crippen LogP contribution >= 0.6 is 11.3 Å². The largest absolute Gasteiger partial charge is 0.399 e. The molecule has 0 saturated carbocycles. The van der Waals surface area contributed by atoms with Crippen LogP contribution in [0.1, 0.15) is 15.4 Å². The molecule has 3 N–H and O–H groups in total. The van der Waals surface area contributed by atoms with Crippen LogP contribution in [0.15, 0.2) is 30.5 Å². The van der Waals surface area contributed by atoms with E-state index in [1.54, 1.807) is 30.5 Å². The van der Waals surface area contributed by atoms with Crippen molar-refractivity contribution >= 4 is 27.0 Å². The fourth-order valence-electron chi connectivity index (χ4n) is 1.62. The predicted octanol–water partition coefficient (Wildman–Crippen LogP) is 1.65. The second kappa shape index (κ2) is 5.68. The standard InChI is InChI=1S/C12H15N3O2S2/c1-9-14-6-12(18-9)7-15-19(16,17)8-10-3-2-4-11(13)5-10/h2-6,15H,7-8,13H2,1H3. The fraction of sp³-hybridized carbons (Fsp3) is 0.250. The first-order chi connectivity index (χ1) is 8.94. The van der Waals surface area contributed by atoms with Gasteiger partial charge in [0.1, 0.15) is 0 Å². The maximum Gasteiger partial charge on any atom is 0.216 e. The van der Waals surface area contributed by atoms with E-state index >= 15 is 0 Å². The highest BCUT2D eigenvalue weighted by Gasteiger charge is 2.12. The summed E-state index contributed by atoms with van der Waals surface area (Å²) in [7, 11) is -3.37. The summed E-state index contributed by atoms with van der Waals surface area (Å²) in [6.07, 6.45) is 1.68. The molecule has 0 spiro atoms.